The van der Waals surface area contributed by atoms with E-state index < -0.39 is 0 Å². The van der Waals surface area contributed by atoms with Crippen molar-refractivity contribution < 1.29 is 19.1 Å². The highest BCUT2D eigenvalue weighted by Gasteiger charge is 2.22. The zero-order chi connectivity index (χ0) is 26.5. The van der Waals surface area contributed by atoms with E-state index in [-0.39, 0.29) is 48.6 Å². The lowest BCUT2D eigenvalue weighted by atomic mass is 10.00. The topological polar surface area (TPSA) is 145 Å². The zero-order valence-electron chi connectivity index (χ0n) is 21.4. The van der Waals surface area contributed by atoms with Crippen molar-refractivity contribution in [2.24, 2.45) is 16.3 Å². The number of oxime groups is 1. The number of nitrogens with zero attached hydrogens (tertiary/aromatic N) is 4. The van der Waals surface area contributed by atoms with Gasteiger partial charge in [-0.05, 0) is 32.9 Å². The van der Waals surface area contributed by atoms with Crippen LogP contribution in [0.4, 0.5) is 5.82 Å². The molecule has 2 aromatic rings. The van der Waals surface area contributed by atoms with Gasteiger partial charge >= 0.3 is 0 Å². The Hall–Kier alpha value is -3.70. The van der Waals surface area contributed by atoms with E-state index in [2.05, 4.69) is 20.7 Å². The number of aromatic nitrogens is 1. The number of hydrogen-bond donors (Lipinski definition) is 3. The van der Waals surface area contributed by atoms with Crippen LogP contribution in [-0.2, 0) is 25.7 Å². The fraction of sp³-hybridized carbons (Fsp3) is 0.440. The average Bonchev–Trinajstić information content (AvgIpc) is 2.85. The zero-order valence-corrected chi connectivity index (χ0v) is 21.4. The second kappa shape index (κ2) is 14.6. The molecule has 1 amide bonds. The summed E-state index contributed by atoms with van der Waals surface area (Å²) in [6.07, 6.45) is 0.142. The Morgan fingerprint density at radius 2 is 1.86 bits per heavy atom. The second-order valence-corrected chi connectivity index (χ2v) is 8.42. The molecule has 0 aliphatic carbocycles. The summed E-state index contributed by atoms with van der Waals surface area (Å²) < 4.78 is 11.1. The maximum atomic E-state index is 12.7. The van der Waals surface area contributed by atoms with Crippen molar-refractivity contribution in [3.05, 3.63) is 59.8 Å². The standard InChI is InChI=1S/C25H35N7O4/c1-17(2)36-18(3)20(15-34-5)14-23(33)29-22-13-9-12-21(28-22)16-35-30-24(25(26)32(4)31-27)19-10-7-6-8-11-19/h6-13,17-18,20,26-27H,14-16H2,1-5H3,(H,28,29,33)/b26-25?,30-24-,31-27?. The summed E-state index contributed by atoms with van der Waals surface area (Å²) in [5.74, 6) is 0.00862. The van der Waals surface area contributed by atoms with E-state index in [1.165, 1.54) is 7.05 Å². The first-order valence-electron chi connectivity index (χ1n) is 11.6. The number of anilines is 1. The molecule has 0 bridgehead atoms. The van der Waals surface area contributed by atoms with E-state index >= 15 is 0 Å². The van der Waals surface area contributed by atoms with Gasteiger partial charge in [-0.1, -0.05) is 46.8 Å². The number of hydrogen-bond acceptors (Lipinski definition) is 9. The molecular weight excluding hydrogens is 462 g/mol. The number of likely N-dealkylation sites (N-methyl/N-ethyl adjacent to an activating group) is 1. The summed E-state index contributed by atoms with van der Waals surface area (Å²) in [7, 11) is 3.08. The Bertz CT molecular complexity index is 1030. The molecule has 11 heteroatoms. The third-order valence-electron chi connectivity index (χ3n) is 5.17. The van der Waals surface area contributed by atoms with Crippen LogP contribution < -0.4 is 5.32 Å². The third-order valence-corrected chi connectivity index (χ3v) is 5.17. The van der Waals surface area contributed by atoms with E-state index in [1.807, 2.05) is 39.0 Å². The Balaban J connectivity index is 2.05. The Labute approximate surface area is 211 Å². The van der Waals surface area contributed by atoms with Gasteiger partial charge in [0.15, 0.2) is 18.2 Å². The van der Waals surface area contributed by atoms with Crippen LogP contribution in [0.5, 0.6) is 0 Å². The smallest absolute Gasteiger partial charge is 0.225 e. The van der Waals surface area contributed by atoms with Crippen molar-refractivity contribution in [3.63, 3.8) is 0 Å². The highest BCUT2D eigenvalue weighted by Crippen LogP contribution is 2.16. The van der Waals surface area contributed by atoms with Gasteiger partial charge in [0, 0.05) is 32.1 Å². The minimum Gasteiger partial charge on any atom is -0.389 e. The number of ether oxygens (including phenoxy) is 2. The van der Waals surface area contributed by atoms with Gasteiger partial charge in [0.05, 0.1) is 24.5 Å². The van der Waals surface area contributed by atoms with Crippen LogP contribution in [0, 0.1) is 16.9 Å². The number of benzene rings is 1. The number of carbonyl (C=O) groups is 1. The molecule has 0 aliphatic heterocycles. The Morgan fingerprint density at radius 1 is 1.14 bits per heavy atom. The fourth-order valence-electron chi connectivity index (χ4n) is 3.37. The molecular formula is C25H35N7O4. The third kappa shape index (κ3) is 9.16. The van der Waals surface area contributed by atoms with Crippen LogP contribution in [0.25, 0.3) is 0 Å². The molecule has 2 unspecified atom stereocenters. The van der Waals surface area contributed by atoms with E-state index in [9.17, 15) is 4.79 Å². The number of amidine groups is 1. The fourth-order valence-corrected chi connectivity index (χ4v) is 3.37. The molecule has 1 heterocycles. The van der Waals surface area contributed by atoms with Crippen LogP contribution in [0.15, 0.2) is 58.9 Å². The molecule has 1 aromatic heterocycles. The lowest BCUT2D eigenvalue weighted by Gasteiger charge is -2.25. The SMILES string of the molecule is COCC(CC(=O)Nc1cccc(CO/N=C(\C(=N)N(C)N=N)c2ccccc2)n1)C(C)OC(C)C. The monoisotopic (exact) mass is 497 g/mol. The predicted octanol–water partition coefficient (Wildman–Crippen LogP) is 4.26. The second-order valence-electron chi connectivity index (χ2n) is 8.42. The van der Waals surface area contributed by atoms with Crippen molar-refractivity contribution >= 4 is 23.3 Å². The number of amides is 1. The summed E-state index contributed by atoms with van der Waals surface area (Å²) in [6.45, 7) is 6.27. The summed E-state index contributed by atoms with van der Waals surface area (Å²) in [6, 6.07) is 14.3. The summed E-state index contributed by atoms with van der Waals surface area (Å²) in [5, 5.41) is 19.5. The molecule has 1 aromatic carbocycles. The molecule has 194 valence electrons. The number of methoxy groups -OCH3 is 1. The number of nitrogens with one attached hydrogen (secondary N) is 3. The largest absolute Gasteiger partial charge is 0.389 e. The lowest BCUT2D eigenvalue weighted by Crippen LogP contribution is -2.31. The number of pyridine rings is 1. The van der Waals surface area contributed by atoms with Crippen molar-refractivity contribution in [1.82, 2.24) is 9.99 Å². The molecule has 0 saturated carbocycles. The van der Waals surface area contributed by atoms with Crippen molar-refractivity contribution in [2.45, 2.75) is 46.0 Å². The molecule has 3 N–H and O–H groups in total. The first kappa shape index (κ1) is 28.5. The van der Waals surface area contributed by atoms with Gasteiger partial charge in [-0.25, -0.2) is 9.99 Å². The number of rotatable bonds is 14. The molecule has 2 rings (SSSR count). The molecule has 0 spiro atoms. The Morgan fingerprint density at radius 3 is 2.50 bits per heavy atom. The molecule has 0 fully saturated rings. The molecule has 2 atom stereocenters. The van der Waals surface area contributed by atoms with Crippen LogP contribution in [0.3, 0.4) is 0 Å². The summed E-state index contributed by atoms with van der Waals surface area (Å²) >= 11 is 0. The summed E-state index contributed by atoms with van der Waals surface area (Å²) in [5.41, 5.74) is 8.57. The highest BCUT2D eigenvalue weighted by atomic mass is 16.6. The summed E-state index contributed by atoms with van der Waals surface area (Å²) in [4.78, 5) is 22.6. The van der Waals surface area contributed by atoms with Gasteiger partial charge in [-0.3, -0.25) is 10.2 Å². The van der Waals surface area contributed by atoms with Gasteiger partial charge in [0.25, 0.3) is 0 Å². The van der Waals surface area contributed by atoms with Crippen LogP contribution in [0.2, 0.25) is 0 Å². The first-order chi connectivity index (χ1) is 17.2. The first-order valence-corrected chi connectivity index (χ1v) is 11.6. The van der Waals surface area contributed by atoms with Gasteiger partial charge in [-0.15, -0.1) is 0 Å². The van der Waals surface area contributed by atoms with Crippen LogP contribution in [0.1, 0.15) is 38.4 Å². The molecule has 36 heavy (non-hydrogen) atoms. The van der Waals surface area contributed by atoms with Crippen molar-refractivity contribution in [1.29, 1.82) is 10.9 Å². The molecule has 0 radical (unpaired) electrons. The van der Waals surface area contributed by atoms with Crippen molar-refractivity contribution in [3.8, 4) is 0 Å². The average molecular weight is 498 g/mol. The van der Waals surface area contributed by atoms with Gasteiger partial charge < -0.3 is 19.6 Å². The van der Waals surface area contributed by atoms with E-state index in [1.54, 1.807) is 37.4 Å². The molecule has 11 nitrogen and oxygen atoms in total. The maximum Gasteiger partial charge on any atom is 0.225 e. The normalized spacial score (nSPS) is 13.1. The predicted molar refractivity (Wildman–Crippen MR) is 137 cm³/mol. The maximum absolute atomic E-state index is 12.7. The number of carbonyl (C=O) groups excluding carboxylic acids is 1. The lowest BCUT2D eigenvalue weighted by molar-refractivity contribution is -0.120. The van der Waals surface area contributed by atoms with Gasteiger partial charge in [0.1, 0.15) is 5.82 Å². The van der Waals surface area contributed by atoms with Gasteiger partial charge in [-0.2, -0.15) is 5.53 Å². The minimum absolute atomic E-state index is 0.0145. The van der Waals surface area contributed by atoms with Gasteiger partial charge in [0.2, 0.25) is 5.91 Å². The highest BCUT2D eigenvalue weighted by molar-refractivity contribution is 6.46. The van der Waals surface area contributed by atoms with E-state index in [4.69, 9.17) is 25.3 Å². The van der Waals surface area contributed by atoms with E-state index in [0.29, 0.717) is 23.7 Å². The van der Waals surface area contributed by atoms with Crippen molar-refractivity contribution in [2.75, 3.05) is 26.1 Å². The van der Waals surface area contributed by atoms with E-state index in [0.717, 1.165) is 5.01 Å². The van der Waals surface area contributed by atoms with Crippen LogP contribution in [-0.4, -0.2) is 60.4 Å². The minimum atomic E-state index is -0.193. The molecule has 0 saturated heterocycles. The molecule has 0 aliphatic rings. The quantitative estimate of drug-likeness (QED) is 0.154. The Kier molecular flexibility index (Phi) is 11.6. The van der Waals surface area contributed by atoms with Crippen LogP contribution >= 0.6 is 0 Å².